The third-order valence-electron chi connectivity index (χ3n) is 3.50. The lowest BCUT2D eigenvalue weighted by Crippen LogP contribution is -2.55. The maximum absolute atomic E-state index is 11.4. The van der Waals surface area contributed by atoms with Crippen molar-refractivity contribution >= 4 is 28.1 Å². The van der Waals surface area contributed by atoms with Crippen LogP contribution >= 0.6 is 15.9 Å². The molecule has 21 heavy (non-hydrogen) atoms. The van der Waals surface area contributed by atoms with E-state index in [1.54, 1.807) is 0 Å². The highest BCUT2D eigenvalue weighted by atomic mass is 79.9. The molecule has 0 radical (unpaired) electrons. The summed E-state index contributed by atoms with van der Waals surface area (Å²) in [5.41, 5.74) is 1.30. The zero-order valence-electron chi connectivity index (χ0n) is 12.8. The first kappa shape index (κ1) is 17.6. The Morgan fingerprint density at radius 2 is 1.90 bits per heavy atom. The molecule has 0 bridgehead atoms. The van der Waals surface area contributed by atoms with Gasteiger partial charge in [-0.1, -0.05) is 48.5 Å². The number of hydrogen-bond acceptors (Lipinski definition) is 2. The first-order valence-corrected chi connectivity index (χ1v) is 7.83. The number of halogens is 1. The summed E-state index contributed by atoms with van der Waals surface area (Å²) >= 11 is 3.42. The predicted molar refractivity (Wildman–Crippen MR) is 89.2 cm³/mol. The number of amides is 1. The molecule has 0 spiro atoms. The van der Waals surface area contributed by atoms with Crippen molar-refractivity contribution in [1.82, 2.24) is 4.90 Å². The van der Waals surface area contributed by atoms with Crippen molar-refractivity contribution in [2.75, 3.05) is 6.54 Å². The Bertz CT molecular complexity index is 496. The Labute approximate surface area is 135 Å². The number of rotatable bonds is 3. The van der Waals surface area contributed by atoms with Gasteiger partial charge in [0.25, 0.3) is 0 Å². The number of likely N-dealkylation sites (tertiary alicyclic amines) is 1. The van der Waals surface area contributed by atoms with Gasteiger partial charge in [-0.05, 0) is 30.7 Å². The Hall–Kier alpha value is -1.42. The lowest BCUT2D eigenvalue weighted by molar-refractivity contribution is -0.134. The number of aldehydes is 1. The topological polar surface area (TPSA) is 37.4 Å². The average molecular weight is 352 g/mol. The number of carbonyl (C=O) groups is 2. The van der Waals surface area contributed by atoms with Crippen LogP contribution in [0.3, 0.4) is 0 Å². The summed E-state index contributed by atoms with van der Waals surface area (Å²) in [6.07, 6.45) is 2.30. The summed E-state index contributed by atoms with van der Waals surface area (Å²) in [7, 11) is 0. The molecule has 2 atom stereocenters. The molecule has 1 aliphatic rings. The van der Waals surface area contributed by atoms with E-state index in [9.17, 15) is 9.59 Å². The van der Waals surface area contributed by atoms with Crippen molar-refractivity contribution in [3.8, 4) is 0 Å². The van der Waals surface area contributed by atoms with Gasteiger partial charge in [0.1, 0.15) is 6.29 Å². The molecule has 1 aromatic rings. The maximum atomic E-state index is 11.4. The summed E-state index contributed by atoms with van der Waals surface area (Å²) in [6, 6.07) is 8.58. The highest BCUT2D eigenvalue weighted by Crippen LogP contribution is 2.34. The van der Waals surface area contributed by atoms with Crippen LogP contribution in [-0.4, -0.2) is 29.7 Å². The Morgan fingerprint density at radius 1 is 1.38 bits per heavy atom. The van der Waals surface area contributed by atoms with E-state index in [-0.39, 0.29) is 17.9 Å². The molecule has 3 nitrogen and oxygen atoms in total. The molecule has 4 heteroatoms. The van der Waals surface area contributed by atoms with E-state index in [0.717, 1.165) is 17.3 Å². The average Bonchev–Trinajstić information content (AvgIpc) is 2.48. The lowest BCUT2D eigenvalue weighted by Gasteiger charge is -2.46. The summed E-state index contributed by atoms with van der Waals surface area (Å²) in [5.74, 6) is 0.688. The van der Waals surface area contributed by atoms with Crippen LogP contribution in [0.1, 0.15) is 32.3 Å². The monoisotopic (exact) mass is 351 g/mol. The first-order chi connectivity index (χ1) is 9.90. The Morgan fingerprint density at radius 3 is 2.29 bits per heavy atom. The minimum Gasteiger partial charge on any atom is -0.335 e. The zero-order chi connectivity index (χ0) is 16.0. The smallest absolute Gasteiger partial charge is 0.246 e. The highest BCUT2D eigenvalue weighted by Gasteiger charge is 2.38. The van der Waals surface area contributed by atoms with Crippen molar-refractivity contribution in [3.63, 3.8) is 0 Å². The normalized spacial score (nSPS) is 20.1. The zero-order valence-corrected chi connectivity index (χ0v) is 14.3. The van der Waals surface area contributed by atoms with Gasteiger partial charge >= 0.3 is 0 Å². The van der Waals surface area contributed by atoms with Crippen LogP contribution in [0.25, 0.3) is 0 Å². The van der Waals surface area contributed by atoms with Gasteiger partial charge in [0.15, 0.2) is 0 Å². The molecule has 0 aliphatic carbocycles. The molecule has 114 valence electrons. The predicted octanol–water partition coefficient (Wildman–Crippen LogP) is 3.79. The van der Waals surface area contributed by atoms with Crippen LogP contribution in [0.15, 0.2) is 41.4 Å². The molecule has 0 saturated carbocycles. The van der Waals surface area contributed by atoms with Gasteiger partial charge in [-0.2, -0.15) is 0 Å². The minimum absolute atomic E-state index is 0.0286. The first-order valence-electron chi connectivity index (χ1n) is 7.04. The van der Waals surface area contributed by atoms with Gasteiger partial charge in [0.05, 0.1) is 0 Å². The highest BCUT2D eigenvalue weighted by molar-refractivity contribution is 9.10. The lowest BCUT2D eigenvalue weighted by atomic mass is 9.83. The van der Waals surface area contributed by atoms with E-state index < -0.39 is 0 Å². The fraction of sp³-hybridized carbons (Fsp3) is 0.412. The van der Waals surface area contributed by atoms with Gasteiger partial charge in [0, 0.05) is 28.9 Å². The quantitative estimate of drug-likeness (QED) is 0.613. The molecule has 1 amide bonds. The largest absolute Gasteiger partial charge is 0.335 e. The molecule has 1 saturated heterocycles. The number of hydrogen-bond donors (Lipinski definition) is 0. The number of carbonyl (C=O) groups excluding carboxylic acids is 2. The third kappa shape index (κ3) is 4.81. The molecule has 1 fully saturated rings. The van der Waals surface area contributed by atoms with Gasteiger partial charge in [-0.15, -0.1) is 0 Å². The van der Waals surface area contributed by atoms with Crippen LogP contribution < -0.4 is 0 Å². The van der Waals surface area contributed by atoms with Crippen molar-refractivity contribution in [2.45, 2.75) is 32.7 Å². The summed E-state index contributed by atoms with van der Waals surface area (Å²) in [6.45, 7) is 10.1. The summed E-state index contributed by atoms with van der Waals surface area (Å²) < 4.78 is 1.09. The molecule has 0 aromatic heterocycles. The fourth-order valence-corrected chi connectivity index (χ4v) is 2.38. The molecule has 2 unspecified atom stereocenters. The molecular formula is C17H22BrNO2. The van der Waals surface area contributed by atoms with Crippen LogP contribution in [0, 0.1) is 5.92 Å². The standard InChI is InChI=1S/C13H14BrNO.C4H8O/c1-3-13(16)15-8-12(9(15)2)10-4-6-11(14)7-5-10;1-4(2)3-5/h3-7,9,12H,1,8H2,2H3;3-4H,1-2H3. The van der Waals surface area contributed by atoms with Gasteiger partial charge < -0.3 is 9.69 Å². The van der Waals surface area contributed by atoms with Gasteiger partial charge in [-0.25, -0.2) is 0 Å². The van der Waals surface area contributed by atoms with E-state index >= 15 is 0 Å². The van der Waals surface area contributed by atoms with Crippen molar-refractivity contribution in [2.24, 2.45) is 5.92 Å². The molecule has 1 heterocycles. The Balaban J connectivity index is 0.000000383. The summed E-state index contributed by atoms with van der Waals surface area (Å²) in [5, 5.41) is 0. The van der Waals surface area contributed by atoms with Crippen LogP contribution in [0.2, 0.25) is 0 Å². The molecule has 1 aliphatic heterocycles. The van der Waals surface area contributed by atoms with E-state index in [1.807, 2.05) is 30.9 Å². The van der Waals surface area contributed by atoms with E-state index in [4.69, 9.17) is 0 Å². The van der Waals surface area contributed by atoms with Crippen LogP contribution in [-0.2, 0) is 9.59 Å². The molecular weight excluding hydrogens is 330 g/mol. The molecule has 0 N–H and O–H groups in total. The second-order valence-corrected chi connectivity index (χ2v) is 6.39. The third-order valence-corrected chi connectivity index (χ3v) is 4.02. The second kappa shape index (κ2) is 8.13. The summed E-state index contributed by atoms with van der Waals surface area (Å²) in [4.78, 5) is 22.8. The number of benzene rings is 1. The van der Waals surface area contributed by atoms with E-state index in [2.05, 4.69) is 41.6 Å². The SMILES string of the molecule is C=CC(=O)N1CC(c2ccc(Br)cc2)C1C.CC(C)C=O. The van der Waals surface area contributed by atoms with Crippen molar-refractivity contribution in [3.05, 3.63) is 47.0 Å². The maximum Gasteiger partial charge on any atom is 0.246 e. The van der Waals surface area contributed by atoms with Crippen LogP contribution in [0.4, 0.5) is 0 Å². The second-order valence-electron chi connectivity index (χ2n) is 5.47. The van der Waals surface area contributed by atoms with E-state index in [0.29, 0.717) is 5.92 Å². The van der Waals surface area contributed by atoms with Gasteiger partial charge in [0.2, 0.25) is 5.91 Å². The van der Waals surface area contributed by atoms with E-state index in [1.165, 1.54) is 11.6 Å². The number of nitrogens with zero attached hydrogens (tertiary/aromatic N) is 1. The van der Waals surface area contributed by atoms with Crippen molar-refractivity contribution < 1.29 is 9.59 Å². The molecule has 1 aromatic carbocycles. The van der Waals surface area contributed by atoms with Crippen LogP contribution in [0.5, 0.6) is 0 Å². The fourth-order valence-electron chi connectivity index (χ4n) is 2.11. The minimum atomic E-state index is 0.0286. The molecule has 2 rings (SSSR count). The van der Waals surface area contributed by atoms with Crippen molar-refractivity contribution in [1.29, 1.82) is 0 Å². The Kier molecular flexibility index (Phi) is 6.82. The van der Waals surface area contributed by atoms with Gasteiger partial charge in [-0.3, -0.25) is 4.79 Å².